The molecular weight excluding hydrogens is 967 g/mol. The zero-order valence-corrected chi connectivity index (χ0v) is 42.8. The summed E-state index contributed by atoms with van der Waals surface area (Å²) in [6, 6.07) is 25.4. The average molecular weight is 1030 g/mol. The van der Waals surface area contributed by atoms with Gasteiger partial charge in [0.15, 0.2) is 0 Å². The van der Waals surface area contributed by atoms with Crippen LogP contribution in [0.15, 0.2) is 108 Å². The minimum absolute atomic E-state index is 0.0813. The van der Waals surface area contributed by atoms with Gasteiger partial charge < -0.3 is 25.0 Å². The number of benzene rings is 4. The Kier molecular flexibility index (Phi) is 14.3. The zero-order valence-electron chi connectivity index (χ0n) is 42.0. The molecule has 0 bridgehead atoms. The first kappa shape index (κ1) is 51.0. The number of rotatable bonds is 15. The number of piperazine rings is 1. The van der Waals surface area contributed by atoms with E-state index < -0.39 is 48.4 Å². The summed E-state index contributed by atoms with van der Waals surface area (Å²) in [4.78, 5) is 39.6. The number of nitrogens with one attached hydrogen (secondary N) is 3. The Balaban J connectivity index is 0.847. The summed E-state index contributed by atoms with van der Waals surface area (Å²) in [5.74, 6) is -1.52. The maximum absolute atomic E-state index is 16.6. The molecule has 2 saturated heterocycles. The molecular formula is C56H64F2N8O7S. The van der Waals surface area contributed by atoms with Gasteiger partial charge >= 0.3 is 0 Å². The smallest absolute Gasteiger partial charge is 0.293 e. The second-order valence-electron chi connectivity index (χ2n) is 21.6. The van der Waals surface area contributed by atoms with Crippen LogP contribution >= 0.6 is 0 Å². The number of anilines is 2. The number of pyridine rings is 1. The van der Waals surface area contributed by atoms with Crippen molar-refractivity contribution in [3.05, 3.63) is 147 Å². The van der Waals surface area contributed by atoms with E-state index in [-0.39, 0.29) is 46.1 Å². The predicted molar refractivity (Wildman–Crippen MR) is 280 cm³/mol. The molecule has 15 nitrogen and oxygen atoms in total. The maximum atomic E-state index is 16.6. The Morgan fingerprint density at radius 2 is 1.70 bits per heavy atom. The third-order valence-corrected chi connectivity index (χ3v) is 17.5. The molecule has 0 radical (unpaired) electrons. The predicted octanol–water partition coefficient (Wildman–Crippen LogP) is 10.4. The summed E-state index contributed by atoms with van der Waals surface area (Å²) in [6.07, 6.45) is 9.53. The minimum Gasteiger partial charge on any atom is -0.455 e. The Bertz CT molecular complexity index is 3140. The number of carbonyl (C=O) groups is 1. The van der Waals surface area contributed by atoms with Crippen LogP contribution in [0.1, 0.15) is 111 Å². The standard InChI is InChI=1S/C56H64F2N8O7S/c1-36(2)44-6-4-5-7-45(44)51-35-63(34-38-8-10-40(57)11-9-38)24-25-65(51)41-30-56(31-41)19-22-64(23-20-56)49-29-52(73-42-26-39-16-21-59-53(39)61-33-42)46(28-47(49)58)54(67)62-74(71,72)43-12-13-48(50(27-43)66(69)70)60-32-37-14-17-55(3,68)18-15-37/h4-13,16,21,26-29,33,36-37,41,51,60,68H,14-15,17-20,22-25,30-32,34-35H2,1-3H3,(H,59,61)(H,62,67). The summed E-state index contributed by atoms with van der Waals surface area (Å²) in [5.41, 5.74) is 3.16. The van der Waals surface area contributed by atoms with Crippen molar-refractivity contribution in [2.45, 2.75) is 107 Å². The molecule has 4 fully saturated rings. The average Bonchev–Trinajstić information content (AvgIpc) is 3.85. The van der Waals surface area contributed by atoms with Crippen LogP contribution in [0, 0.1) is 33.1 Å². The highest BCUT2D eigenvalue weighted by Gasteiger charge is 2.50. The number of halogens is 2. The maximum Gasteiger partial charge on any atom is 0.293 e. The van der Waals surface area contributed by atoms with Gasteiger partial charge in [-0.15, -0.1) is 0 Å². The van der Waals surface area contributed by atoms with E-state index in [0.717, 1.165) is 82.4 Å². The number of fused-ring (bicyclic) bond motifs is 1. The highest BCUT2D eigenvalue weighted by Crippen LogP contribution is 2.54. The Morgan fingerprint density at radius 3 is 2.43 bits per heavy atom. The monoisotopic (exact) mass is 1030 g/mol. The van der Waals surface area contributed by atoms with Gasteiger partial charge in [-0.2, -0.15) is 0 Å². The number of hydrogen-bond acceptors (Lipinski definition) is 12. The van der Waals surface area contributed by atoms with Crippen LogP contribution < -0.4 is 19.7 Å². The van der Waals surface area contributed by atoms with Crippen LogP contribution in [0.2, 0.25) is 0 Å². The van der Waals surface area contributed by atoms with Crippen LogP contribution in [-0.2, 0) is 16.6 Å². The van der Waals surface area contributed by atoms with Crippen molar-refractivity contribution in [3.63, 3.8) is 0 Å². The largest absolute Gasteiger partial charge is 0.455 e. The lowest BCUT2D eigenvalue weighted by Gasteiger charge is -2.58. The summed E-state index contributed by atoms with van der Waals surface area (Å²) >= 11 is 0. The SMILES string of the molecule is CC(C)c1ccccc1C1CN(Cc2ccc(F)cc2)CCN1C1CC2(CCN(c3cc(Oc4cnc5[nH]ccc5c4)c(C(=O)NS(=O)(=O)c4ccc(NCC5CCC(C)(O)CC5)c([N+](=O)[O-])c4)cc3F)CC2)C1. The van der Waals surface area contributed by atoms with Gasteiger partial charge in [0, 0.05) is 81.6 Å². The number of sulfonamides is 1. The lowest BCUT2D eigenvalue weighted by atomic mass is 9.59. The van der Waals surface area contributed by atoms with E-state index in [2.05, 4.69) is 63.2 Å². The molecule has 2 aromatic heterocycles. The van der Waals surface area contributed by atoms with Gasteiger partial charge in [-0.25, -0.2) is 26.9 Å². The quantitative estimate of drug-likeness (QED) is 0.0564. The molecule has 74 heavy (non-hydrogen) atoms. The molecule has 1 spiro atoms. The lowest BCUT2D eigenvalue weighted by molar-refractivity contribution is -0.384. The van der Waals surface area contributed by atoms with Gasteiger partial charge in [0.2, 0.25) is 0 Å². The molecule has 6 aromatic rings. The molecule has 18 heteroatoms. The van der Waals surface area contributed by atoms with E-state index in [1.807, 2.05) is 21.8 Å². The number of amides is 1. The summed E-state index contributed by atoms with van der Waals surface area (Å²) < 4.78 is 66.3. The molecule has 1 amide bonds. The van der Waals surface area contributed by atoms with Crippen LogP contribution in [0.3, 0.4) is 0 Å². The molecule has 4 heterocycles. The molecule has 4 aromatic carbocycles. The van der Waals surface area contributed by atoms with Gasteiger partial charge in [0.1, 0.15) is 34.5 Å². The summed E-state index contributed by atoms with van der Waals surface area (Å²) in [5, 5.41) is 26.3. The molecule has 2 saturated carbocycles. The molecule has 4 N–H and O–H groups in total. The molecule has 1 atom stereocenters. The molecule has 10 rings (SSSR count). The Morgan fingerprint density at radius 1 is 0.959 bits per heavy atom. The number of nitro groups is 1. The van der Waals surface area contributed by atoms with E-state index in [1.165, 1.54) is 47.7 Å². The van der Waals surface area contributed by atoms with Crippen molar-refractivity contribution in [1.82, 2.24) is 24.5 Å². The molecule has 390 valence electrons. The van der Waals surface area contributed by atoms with Crippen molar-refractivity contribution in [1.29, 1.82) is 0 Å². The number of aromatic amines is 1. The van der Waals surface area contributed by atoms with Crippen molar-refractivity contribution in [2.75, 3.05) is 49.5 Å². The lowest BCUT2D eigenvalue weighted by Crippen LogP contribution is -2.60. The van der Waals surface area contributed by atoms with Crippen molar-refractivity contribution < 1.29 is 36.8 Å². The summed E-state index contributed by atoms with van der Waals surface area (Å²) in [6.45, 7) is 11.2. The number of piperidine rings is 1. The van der Waals surface area contributed by atoms with Crippen molar-refractivity contribution in [2.24, 2.45) is 11.3 Å². The Hall–Kier alpha value is -6.47. The number of H-pyrrole nitrogens is 1. The highest BCUT2D eigenvalue weighted by atomic mass is 32.2. The topological polar surface area (TPSA) is 186 Å². The van der Waals surface area contributed by atoms with Gasteiger partial charge in [0.05, 0.1) is 32.9 Å². The second kappa shape index (κ2) is 20.7. The number of nitrogens with zero attached hydrogens (tertiary/aromatic N) is 5. The zero-order chi connectivity index (χ0) is 51.9. The van der Waals surface area contributed by atoms with Crippen LogP contribution in [-0.4, -0.2) is 95.0 Å². The third kappa shape index (κ3) is 11.0. The van der Waals surface area contributed by atoms with E-state index >= 15 is 4.39 Å². The second-order valence-corrected chi connectivity index (χ2v) is 23.3. The molecule has 2 aliphatic heterocycles. The van der Waals surface area contributed by atoms with E-state index in [0.29, 0.717) is 55.5 Å². The normalized spacial score (nSPS) is 21.7. The Labute approximate surface area is 430 Å². The summed E-state index contributed by atoms with van der Waals surface area (Å²) in [7, 11) is -4.73. The van der Waals surface area contributed by atoms with Gasteiger partial charge in [-0.3, -0.25) is 24.7 Å². The van der Waals surface area contributed by atoms with E-state index in [4.69, 9.17) is 4.74 Å². The number of carbonyl (C=O) groups excluding carboxylic acids is 1. The number of ether oxygens (including phenoxy) is 1. The van der Waals surface area contributed by atoms with Crippen molar-refractivity contribution >= 4 is 44.0 Å². The number of hydrogen-bond donors (Lipinski definition) is 4. The first-order valence-electron chi connectivity index (χ1n) is 25.7. The van der Waals surface area contributed by atoms with Gasteiger partial charge in [0.25, 0.3) is 21.6 Å². The fourth-order valence-electron chi connectivity index (χ4n) is 11.8. The number of aromatic nitrogens is 2. The third-order valence-electron chi connectivity index (χ3n) is 16.1. The van der Waals surface area contributed by atoms with E-state index in [9.17, 15) is 32.8 Å². The van der Waals surface area contributed by atoms with Crippen LogP contribution in [0.5, 0.6) is 11.5 Å². The number of aliphatic hydroxyl groups is 1. The molecule has 4 aliphatic rings. The first-order chi connectivity index (χ1) is 35.4. The highest BCUT2D eigenvalue weighted by molar-refractivity contribution is 7.90. The minimum atomic E-state index is -4.73. The fraction of sp³-hybridized carbons (Fsp3) is 0.429. The first-order valence-corrected chi connectivity index (χ1v) is 27.2. The number of nitro benzene ring substituents is 1. The van der Waals surface area contributed by atoms with Gasteiger partial charge in [-0.05, 0) is 135 Å². The fourth-order valence-corrected chi connectivity index (χ4v) is 12.8. The van der Waals surface area contributed by atoms with Crippen molar-refractivity contribution in [3.8, 4) is 11.5 Å². The molecule has 2 aliphatic carbocycles. The van der Waals surface area contributed by atoms with Crippen LogP contribution in [0.4, 0.5) is 25.8 Å². The van der Waals surface area contributed by atoms with E-state index in [1.54, 1.807) is 25.3 Å². The molecule has 1 unspecified atom stereocenters. The van der Waals surface area contributed by atoms with Gasteiger partial charge in [-0.1, -0.05) is 50.2 Å². The van der Waals surface area contributed by atoms with Crippen LogP contribution in [0.25, 0.3) is 11.0 Å².